The fraction of sp³-hybridized carbons (Fsp3) is 0.571. The summed E-state index contributed by atoms with van der Waals surface area (Å²) in [6, 6.07) is 5.02. The smallest absolute Gasteiger partial charge is 0.244 e. The zero-order chi connectivity index (χ0) is 15.6. The summed E-state index contributed by atoms with van der Waals surface area (Å²) >= 11 is 0. The van der Waals surface area contributed by atoms with Crippen LogP contribution in [0.2, 0.25) is 0 Å². The number of nitrogen functional groups attached to an aromatic ring is 1. The van der Waals surface area contributed by atoms with Crippen molar-refractivity contribution < 1.29 is 13.2 Å². The first-order chi connectivity index (χ1) is 9.84. The van der Waals surface area contributed by atoms with E-state index in [1.807, 2.05) is 0 Å². The number of sulfonamides is 1. The molecule has 0 aromatic heterocycles. The van der Waals surface area contributed by atoms with Gasteiger partial charge in [-0.15, -0.1) is 0 Å². The van der Waals surface area contributed by atoms with Crippen molar-refractivity contribution in [2.24, 2.45) is 5.92 Å². The van der Waals surface area contributed by atoms with E-state index in [4.69, 9.17) is 10.5 Å². The molecule has 0 amide bonds. The number of hydrogen-bond acceptors (Lipinski definition) is 5. The maximum atomic E-state index is 12.2. The first-order valence-electron chi connectivity index (χ1n) is 7.00. The molecule has 1 saturated heterocycles. The van der Waals surface area contributed by atoms with E-state index in [0.29, 0.717) is 11.6 Å². The van der Waals surface area contributed by atoms with Crippen LogP contribution in [0.25, 0.3) is 0 Å². The van der Waals surface area contributed by atoms with Gasteiger partial charge in [0.1, 0.15) is 4.90 Å². The Kier molecular flexibility index (Phi) is 4.75. The van der Waals surface area contributed by atoms with Crippen molar-refractivity contribution in [1.29, 1.82) is 0 Å². The third-order valence-corrected chi connectivity index (χ3v) is 5.79. The predicted octanol–water partition coefficient (Wildman–Crippen LogP) is 1.36. The van der Waals surface area contributed by atoms with Crippen molar-refractivity contribution in [2.45, 2.75) is 24.3 Å². The lowest BCUT2D eigenvalue weighted by Gasteiger charge is -2.19. The van der Waals surface area contributed by atoms with E-state index in [9.17, 15) is 8.42 Å². The van der Waals surface area contributed by atoms with E-state index in [0.717, 1.165) is 23.9 Å². The number of para-hydroxylation sites is 1. The summed E-state index contributed by atoms with van der Waals surface area (Å²) in [6.45, 7) is 3.55. The van der Waals surface area contributed by atoms with Crippen molar-refractivity contribution in [1.82, 2.24) is 4.31 Å². The molecular weight excluding hydrogens is 290 g/mol. The maximum Gasteiger partial charge on any atom is 0.244 e. The Morgan fingerprint density at radius 2 is 2.14 bits per heavy atom. The highest BCUT2D eigenvalue weighted by atomic mass is 32.2. The van der Waals surface area contributed by atoms with Gasteiger partial charge in [-0.25, -0.2) is 12.7 Å². The van der Waals surface area contributed by atoms with Gasteiger partial charge < -0.3 is 15.8 Å². The predicted molar refractivity (Wildman–Crippen MR) is 83.7 cm³/mol. The number of nitrogens with zero attached hydrogens (tertiary/aromatic N) is 1. The molecule has 2 atom stereocenters. The molecule has 0 radical (unpaired) electrons. The van der Waals surface area contributed by atoms with Gasteiger partial charge in [-0.2, -0.15) is 0 Å². The van der Waals surface area contributed by atoms with Gasteiger partial charge in [0.15, 0.2) is 0 Å². The Hall–Kier alpha value is -1.31. The second-order valence-electron chi connectivity index (χ2n) is 5.51. The van der Waals surface area contributed by atoms with Gasteiger partial charge in [0.25, 0.3) is 0 Å². The van der Waals surface area contributed by atoms with Crippen LogP contribution in [0, 0.1) is 5.92 Å². The molecule has 0 saturated carbocycles. The van der Waals surface area contributed by atoms with Crippen molar-refractivity contribution in [3.05, 3.63) is 18.2 Å². The maximum absolute atomic E-state index is 12.2. The van der Waals surface area contributed by atoms with Crippen LogP contribution in [0.15, 0.2) is 23.1 Å². The first-order valence-corrected chi connectivity index (χ1v) is 8.44. The van der Waals surface area contributed by atoms with Crippen LogP contribution in [0.3, 0.4) is 0 Å². The van der Waals surface area contributed by atoms with E-state index in [-0.39, 0.29) is 16.7 Å². The number of benzene rings is 1. The van der Waals surface area contributed by atoms with Gasteiger partial charge in [-0.1, -0.05) is 6.07 Å². The van der Waals surface area contributed by atoms with Crippen LogP contribution in [0.5, 0.6) is 0 Å². The average molecular weight is 313 g/mol. The van der Waals surface area contributed by atoms with Gasteiger partial charge in [0, 0.05) is 33.2 Å². The lowest BCUT2D eigenvalue weighted by atomic mass is 10.0. The number of ether oxygens (including phenoxy) is 1. The highest BCUT2D eigenvalue weighted by Crippen LogP contribution is 2.29. The van der Waals surface area contributed by atoms with E-state index in [1.54, 1.807) is 12.1 Å². The monoisotopic (exact) mass is 313 g/mol. The summed E-state index contributed by atoms with van der Waals surface area (Å²) in [5, 5.41) is 3.25. The Morgan fingerprint density at radius 1 is 1.43 bits per heavy atom. The van der Waals surface area contributed by atoms with Gasteiger partial charge in [-0.05, 0) is 25.5 Å². The molecule has 1 aliphatic heterocycles. The molecule has 1 aromatic rings. The first kappa shape index (κ1) is 16.1. The van der Waals surface area contributed by atoms with Gasteiger partial charge in [0.05, 0.1) is 17.5 Å². The molecular formula is C14H23N3O3S. The summed E-state index contributed by atoms with van der Waals surface area (Å²) in [4.78, 5) is 0.133. The number of nitrogens with two attached hydrogens (primary N) is 1. The number of hydrogen-bond donors (Lipinski definition) is 2. The Bertz CT molecular complexity index is 601. The Balaban J connectivity index is 2.18. The van der Waals surface area contributed by atoms with Crippen LogP contribution < -0.4 is 11.1 Å². The van der Waals surface area contributed by atoms with Gasteiger partial charge in [0.2, 0.25) is 10.0 Å². The summed E-state index contributed by atoms with van der Waals surface area (Å²) in [5.74, 6) is 0.415. The molecule has 0 bridgehead atoms. The molecule has 2 rings (SSSR count). The van der Waals surface area contributed by atoms with Crippen molar-refractivity contribution >= 4 is 21.4 Å². The Morgan fingerprint density at radius 3 is 2.71 bits per heavy atom. The number of rotatable bonds is 5. The van der Waals surface area contributed by atoms with Gasteiger partial charge >= 0.3 is 0 Å². The normalized spacial score (nSPS) is 22.7. The van der Waals surface area contributed by atoms with Crippen molar-refractivity contribution in [2.75, 3.05) is 38.3 Å². The second-order valence-corrected chi connectivity index (χ2v) is 7.63. The molecule has 3 N–H and O–H groups in total. The third kappa shape index (κ3) is 3.30. The molecule has 0 spiro atoms. The molecule has 1 aromatic carbocycles. The summed E-state index contributed by atoms with van der Waals surface area (Å²) in [7, 11) is -0.550. The quantitative estimate of drug-likeness (QED) is 0.802. The SMILES string of the molecule is CC1OCCC1CNc1cccc(S(=O)(=O)N(C)C)c1N. The second kappa shape index (κ2) is 6.21. The number of nitrogens with one attached hydrogen (secondary N) is 1. The van der Waals surface area contributed by atoms with E-state index >= 15 is 0 Å². The lowest BCUT2D eigenvalue weighted by molar-refractivity contribution is 0.108. The fourth-order valence-corrected chi connectivity index (χ4v) is 3.44. The van der Waals surface area contributed by atoms with Crippen LogP contribution in [-0.2, 0) is 14.8 Å². The molecule has 21 heavy (non-hydrogen) atoms. The van der Waals surface area contributed by atoms with Crippen molar-refractivity contribution in [3.8, 4) is 0 Å². The lowest BCUT2D eigenvalue weighted by Crippen LogP contribution is -2.24. The van der Waals surface area contributed by atoms with Gasteiger partial charge in [-0.3, -0.25) is 0 Å². The molecule has 118 valence electrons. The van der Waals surface area contributed by atoms with Crippen LogP contribution in [0.1, 0.15) is 13.3 Å². The highest BCUT2D eigenvalue weighted by molar-refractivity contribution is 7.89. The minimum Gasteiger partial charge on any atom is -0.396 e. The van der Waals surface area contributed by atoms with Crippen molar-refractivity contribution in [3.63, 3.8) is 0 Å². The van der Waals surface area contributed by atoms with E-state index in [1.165, 1.54) is 20.2 Å². The zero-order valence-electron chi connectivity index (χ0n) is 12.7. The highest BCUT2D eigenvalue weighted by Gasteiger charge is 2.25. The van der Waals surface area contributed by atoms with E-state index in [2.05, 4.69) is 12.2 Å². The molecule has 1 aliphatic rings. The minimum atomic E-state index is -3.53. The summed E-state index contributed by atoms with van der Waals surface area (Å²) in [5.41, 5.74) is 6.94. The molecule has 0 aliphatic carbocycles. The van der Waals surface area contributed by atoms with Crippen LogP contribution in [0.4, 0.5) is 11.4 Å². The van der Waals surface area contributed by atoms with E-state index < -0.39 is 10.0 Å². The van der Waals surface area contributed by atoms with Crippen LogP contribution in [-0.4, -0.2) is 46.1 Å². The topological polar surface area (TPSA) is 84.7 Å². The Labute approximate surface area is 126 Å². The fourth-order valence-electron chi connectivity index (χ4n) is 2.40. The summed E-state index contributed by atoms with van der Waals surface area (Å²) < 4.78 is 31.1. The largest absolute Gasteiger partial charge is 0.396 e. The molecule has 2 unspecified atom stereocenters. The third-order valence-electron chi connectivity index (χ3n) is 3.91. The van der Waals surface area contributed by atoms with Crippen LogP contribution >= 0.6 is 0 Å². The minimum absolute atomic E-state index is 0.133. The molecule has 6 nitrogen and oxygen atoms in total. The average Bonchev–Trinajstić information content (AvgIpc) is 2.82. The zero-order valence-corrected chi connectivity index (χ0v) is 13.5. The summed E-state index contributed by atoms with van der Waals surface area (Å²) in [6.07, 6.45) is 1.22. The molecule has 7 heteroatoms. The molecule has 1 fully saturated rings. The molecule has 1 heterocycles. The standard InChI is InChI=1S/C14H23N3O3S/c1-10-11(7-8-20-10)9-16-12-5-4-6-13(14(12)15)21(18,19)17(2)3/h4-6,10-11,16H,7-9,15H2,1-3H3. The number of anilines is 2.